The number of fused-ring (bicyclic) bond motifs is 2. The van der Waals surface area contributed by atoms with Crippen molar-refractivity contribution in [2.75, 3.05) is 0 Å². The first-order chi connectivity index (χ1) is 16.2. The molecule has 34 heavy (non-hydrogen) atoms. The largest absolute Gasteiger partial charge is 0.478 e. The van der Waals surface area contributed by atoms with E-state index in [4.69, 9.17) is 9.47 Å². The van der Waals surface area contributed by atoms with Gasteiger partial charge in [0.15, 0.2) is 0 Å². The minimum atomic E-state index is -1.27. The minimum Gasteiger partial charge on any atom is -0.478 e. The molecule has 5 rings (SSSR count). The number of esters is 4. The average Bonchev–Trinajstić information content (AvgIpc) is 3.26. The van der Waals surface area contributed by atoms with E-state index in [1.807, 2.05) is 0 Å². The maximum Gasteiger partial charge on any atom is 0.347 e. The molecule has 10 heteroatoms. The monoisotopic (exact) mass is 464 g/mol. The van der Waals surface area contributed by atoms with Gasteiger partial charge in [0.05, 0.1) is 33.4 Å². The molecular weight excluding hydrogens is 448 g/mol. The van der Waals surface area contributed by atoms with Gasteiger partial charge in [-0.3, -0.25) is 0 Å². The Balaban J connectivity index is 1.60. The van der Waals surface area contributed by atoms with Crippen molar-refractivity contribution in [3.63, 3.8) is 0 Å². The minimum absolute atomic E-state index is 0.0275. The van der Waals surface area contributed by atoms with Crippen LogP contribution in [-0.4, -0.2) is 46.0 Å². The number of carboxylic acids is 2. The zero-order valence-corrected chi connectivity index (χ0v) is 17.5. The van der Waals surface area contributed by atoms with E-state index in [9.17, 15) is 39.0 Å². The summed E-state index contributed by atoms with van der Waals surface area (Å²) in [6.07, 6.45) is 2.07. The highest BCUT2D eigenvalue weighted by Crippen LogP contribution is 2.46. The van der Waals surface area contributed by atoms with Gasteiger partial charge in [-0.05, 0) is 66.5 Å². The third-order valence-electron chi connectivity index (χ3n) is 6.60. The second kappa shape index (κ2) is 7.62. The number of rotatable bonds is 4. The Bertz CT molecular complexity index is 1250. The molecular formula is C24H16O10. The molecule has 0 spiro atoms. The first-order valence-corrected chi connectivity index (χ1v) is 10.5. The van der Waals surface area contributed by atoms with E-state index in [0.717, 1.165) is 12.1 Å². The van der Waals surface area contributed by atoms with E-state index in [1.165, 1.54) is 12.1 Å². The van der Waals surface area contributed by atoms with Crippen LogP contribution in [0.15, 0.2) is 24.3 Å². The molecule has 3 aliphatic rings. The summed E-state index contributed by atoms with van der Waals surface area (Å²) in [7, 11) is 0. The van der Waals surface area contributed by atoms with Crippen molar-refractivity contribution in [2.45, 2.75) is 37.5 Å². The Hall–Kier alpha value is -4.34. The van der Waals surface area contributed by atoms with Crippen molar-refractivity contribution in [3.8, 4) is 0 Å². The molecule has 1 fully saturated rings. The summed E-state index contributed by atoms with van der Waals surface area (Å²) in [5.74, 6) is -6.80. The fourth-order valence-electron chi connectivity index (χ4n) is 5.13. The predicted molar refractivity (Wildman–Crippen MR) is 110 cm³/mol. The van der Waals surface area contributed by atoms with Crippen LogP contribution in [-0.2, 0) is 9.47 Å². The summed E-state index contributed by atoms with van der Waals surface area (Å²) in [5, 5.41) is 19.0. The summed E-state index contributed by atoms with van der Waals surface area (Å²) in [4.78, 5) is 72.2. The van der Waals surface area contributed by atoms with E-state index < -0.39 is 35.8 Å². The fourth-order valence-corrected chi connectivity index (χ4v) is 5.13. The lowest BCUT2D eigenvalue weighted by atomic mass is 9.72. The molecule has 1 aliphatic carbocycles. The Kier molecular flexibility index (Phi) is 4.82. The van der Waals surface area contributed by atoms with Crippen LogP contribution in [0.2, 0.25) is 0 Å². The molecule has 2 unspecified atom stereocenters. The third-order valence-corrected chi connectivity index (χ3v) is 6.60. The molecule has 10 nitrogen and oxygen atoms in total. The van der Waals surface area contributed by atoms with Crippen molar-refractivity contribution in [2.24, 2.45) is 0 Å². The first kappa shape index (κ1) is 21.5. The highest BCUT2D eigenvalue weighted by molar-refractivity contribution is 6.17. The summed E-state index contributed by atoms with van der Waals surface area (Å²) in [6, 6.07) is 4.92. The van der Waals surface area contributed by atoms with Crippen LogP contribution >= 0.6 is 0 Å². The summed E-state index contributed by atoms with van der Waals surface area (Å²) < 4.78 is 9.41. The van der Waals surface area contributed by atoms with Crippen LogP contribution in [0.3, 0.4) is 0 Å². The molecule has 172 valence electrons. The lowest BCUT2D eigenvalue weighted by molar-refractivity contribution is 0.0425. The molecule has 0 amide bonds. The number of carbonyl (C=O) groups excluding carboxylic acids is 4. The van der Waals surface area contributed by atoms with Gasteiger partial charge in [0.25, 0.3) is 0 Å². The lowest BCUT2D eigenvalue weighted by Gasteiger charge is -2.31. The van der Waals surface area contributed by atoms with E-state index in [1.54, 1.807) is 0 Å². The average molecular weight is 464 g/mol. The standard InChI is InChI=1S/C24H16O10/c25-19(26)11-5-13(17-15(7-11)21(29)33-23(17)31)9-2-1-3-10(4-9)14-6-12(20(27)28)8-16-18(14)24(32)34-22(16)30/h5-10H,1-4H2,(H,25,26)(H,27,28). The van der Waals surface area contributed by atoms with Crippen LogP contribution in [0.1, 0.15) is 111 Å². The van der Waals surface area contributed by atoms with Crippen molar-refractivity contribution in [1.29, 1.82) is 0 Å². The number of aromatic carboxylic acids is 2. The smallest absolute Gasteiger partial charge is 0.347 e. The van der Waals surface area contributed by atoms with Crippen LogP contribution in [0.5, 0.6) is 0 Å². The molecule has 1 saturated carbocycles. The second-order valence-corrected chi connectivity index (χ2v) is 8.50. The molecule has 0 aromatic heterocycles. The number of ether oxygens (including phenoxy) is 2. The molecule has 2 atom stereocenters. The normalized spacial score (nSPS) is 21.1. The highest BCUT2D eigenvalue weighted by Gasteiger charge is 2.40. The van der Waals surface area contributed by atoms with Gasteiger partial charge in [0.1, 0.15) is 0 Å². The summed E-state index contributed by atoms with van der Waals surface area (Å²) >= 11 is 0. The van der Waals surface area contributed by atoms with Crippen LogP contribution in [0.25, 0.3) is 0 Å². The van der Waals surface area contributed by atoms with Gasteiger partial charge in [-0.15, -0.1) is 0 Å². The second-order valence-electron chi connectivity index (χ2n) is 8.50. The third kappa shape index (κ3) is 3.26. The van der Waals surface area contributed by atoms with Crippen molar-refractivity contribution in [1.82, 2.24) is 0 Å². The Morgan fingerprint density at radius 3 is 1.47 bits per heavy atom. The van der Waals surface area contributed by atoms with Crippen molar-refractivity contribution in [3.05, 3.63) is 68.8 Å². The number of cyclic esters (lactones) is 4. The molecule has 2 aromatic carbocycles. The Labute approximate surface area is 191 Å². The van der Waals surface area contributed by atoms with Gasteiger partial charge in [-0.25, -0.2) is 28.8 Å². The van der Waals surface area contributed by atoms with Crippen LogP contribution < -0.4 is 0 Å². The Morgan fingerprint density at radius 1 is 0.676 bits per heavy atom. The molecule has 0 saturated heterocycles. The zero-order chi connectivity index (χ0) is 24.3. The zero-order valence-electron chi connectivity index (χ0n) is 17.5. The van der Waals surface area contributed by atoms with Crippen LogP contribution in [0, 0.1) is 0 Å². The highest BCUT2D eigenvalue weighted by atomic mass is 16.6. The lowest BCUT2D eigenvalue weighted by Crippen LogP contribution is -2.18. The van der Waals surface area contributed by atoms with Gasteiger partial charge in [-0.2, -0.15) is 0 Å². The van der Waals surface area contributed by atoms with Crippen molar-refractivity contribution < 1.29 is 48.5 Å². The molecule has 0 radical (unpaired) electrons. The maximum atomic E-state index is 12.4. The number of benzene rings is 2. The molecule has 2 N–H and O–H groups in total. The first-order valence-electron chi connectivity index (χ1n) is 10.5. The van der Waals surface area contributed by atoms with E-state index in [-0.39, 0.29) is 45.2 Å². The van der Waals surface area contributed by atoms with Gasteiger partial charge in [-0.1, -0.05) is 6.42 Å². The van der Waals surface area contributed by atoms with Gasteiger partial charge >= 0.3 is 35.8 Å². The van der Waals surface area contributed by atoms with Gasteiger partial charge in [0.2, 0.25) is 0 Å². The number of carboxylic acid groups (broad SMARTS) is 2. The number of hydrogen-bond acceptors (Lipinski definition) is 8. The molecule has 2 heterocycles. The SMILES string of the molecule is O=C(O)c1cc2c(c(C3CCCC(c4cc(C(=O)O)cc5c4C(=O)OC5=O)C3)c1)C(=O)OC2=O. The Morgan fingerprint density at radius 2 is 1.09 bits per heavy atom. The van der Waals surface area contributed by atoms with Gasteiger partial charge in [0, 0.05) is 0 Å². The summed E-state index contributed by atoms with van der Waals surface area (Å²) in [5.41, 5.74) is 0.241. The number of carbonyl (C=O) groups is 6. The van der Waals surface area contributed by atoms with Crippen molar-refractivity contribution >= 4 is 35.8 Å². The van der Waals surface area contributed by atoms with Crippen LogP contribution in [0.4, 0.5) is 0 Å². The quantitative estimate of drug-likeness (QED) is 0.508. The molecule has 2 aromatic rings. The van der Waals surface area contributed by atoms with E-state index in [2.05, 4.69) is 0 Å². The van der Waals surface area contributed by atoms with E-state index in [0.29, 0.717) is 36.8 Å². The topological polar surface area (TPSA) is 161 Å². The maximum absolute atomic E-state index is 12.4. The number of hydrogen-bond donors (Lipinski definition) is 2. The summed E-state index contributed by atoms with van der Waals surface area (Å²) in [6.45, 7) is 0. The van der Waals surface area contributed by atoms with E-state index >= 15 is 0 Å². The fraction of sp³-hybridized carbons (Fsp3) is 0.250. The molecule has 2 aliphatic heterocycles. The van der Waals surface area contributed by atoms with Gasteiger partial charge < -0.3 is 19.7 Å². The molecule has 0 bridgehead atoms. The predicted octanol–water partition coefficient (Wildman–Crippen LogP) is 3.15.